The van der Waals surface area contributed by atoms with Crippen molar-refractivity contribution >= 4 is 40.9 Å². The molecule has 7 nitrogen and oxygen atoms in total. The van der Waals surface area contributed by atoms with Crippen LogP contribution in [0.4, 0.5) is 0 Å². The summed E-state index contributed by atoms with van der Waals surface area (Å²) in [6.45, 7) is 5.67. The molecule has 29 heavy (non-hydrogen) atoms. The second kappa shape index (κ2) is 6.84. The normalized spacial score (nSPS) is 23.8. The summed E-state index contributed by atoms with van der Waals surface area (Å²) in [4.78, 5) is 53.1. The van der Waals surface area contributed by atoms with Gasteiger partial charge in [-0.2, -0.15) is 0 Å². The van der Waals surface area contributed by atoms with E-state index < -0.39 is 41.4 Å². The van der Waals surface area contributed by atoms with Gasteiger partial charge in [-0.1, -0.05) is 68.1 Å². The summed E-state index contributed by atoms with van der Waals surface area (Å²) in [7, 11) is 0. The van der Waals surface area contributed by atoms with Gasteiger partial charge < -0.3 is 10.1 Å². The third-order valence-corrected chi connectivity index (χ3v) is 7.75. The molecular formula is C20H20N2O5S2. The van der Waals surface area contributed by atoms with Crippen molar-refractivity contribution in [2.24, 2.45) is 5.92 Å². The van der Waals surface area contributed by atoms with Gasteiger partial charge in [0, 0.05) is 10.8 Å². The number of carboxylic acids is 1. The molecule has 2 aromatic rings. The molecule has 0 radical (unpaired) electrons. The zero-order valence-electron chi connectivity index (χ0n) is 16.1. The van der Waals surface area contributed by atoms with E-state index in [2.05, 4.69) is 25.8 Å². The monoisotopic (exact) mass is 432 g/mol. The van der Waals surface area contributed by atoms with Gasteiger partial charge in [0.05, 0.1) is 10.9 Å². The number of hydrogen-bond acceptors (Lipinski definition) is 6. The van der Waals surface area contributed by atoms with Crippen LogP contribution < -0.4 is 4.87 Å². The average molecular weight is 433 g/mol. The van der Waals surface area contributed by atoms with Crippen molar-refractivity contribution in [3.63, 3.8) is 0 Å². The number of imide groups is 1. The lowest BCUT2D eigenvalue weighted by molar-refractivity contribution is -0.149. The highest BCUT2D eigenvalue weighted by Crippen LogP contribution is 2.52. The van der Waals surface area contributed by atoms with Gasteiger partial charge >= 0.3 is 10.8 Å². The molecular weight excluding hydrogens is 412 g/mol. The van der Waals surface area contributed by atoms with E-state index in [-0.39, 0.29) is 10.3 Å². The van der Waals surface area contributed by atoms with E-state index >= 15 is 0 Å². The zero-order valence-corrected chi connectivity index (χ0v) is 17.7. The second-order valence-corrected chi connectivity index (χ2v) is 10.4. The predicted octanol–water partition coefficient (Wildman–Crippen LogP) is 2.41. The van der Waals surface area contributed by atoms with Gasteiger partial charge in [0.2, 0.25) is 11.8 Å². The molecule has 0 bridgehead atoms. The lowest BCUT2D eigenvalue weighted by Crippen LogP contribution is -2.36. The molecule has 2 amide bonds. The van der Waals surface area contributed by atoms with E-state index in [1.54, 1.807) is 0 Å². The van der Waals surface area contributed by atoms with Crippen molar-refractivity contribution in [1.82, 2.24) is 9.88 Å². The maximum Gasteiger partial charge on any atom is 0.323 e. The standard InChI is InChI=1S/C20H20N2O5S2/c1-20(2,3)10-6-4-9(5-7-10)12-13-15(28-16-14(12)29-19(27)21-16)18(26)22(17(13)25)8-11(23)24/h4-7,12-13,15H,8H2,1-3H3,(H,21,27)(H,23,24)/t12-,13?,15?/m1/s1. The number of thiazole rings is 1. The highest BCUT2D eigenvalue weighted by atomic mass is 32.2. The van der Waals surface area contributed by atoms with E-state index in [9.17, 15) is 19.2 Å². The number of likely N-dealkylation sites (tertiary alicyclic amines) is 1. The quantitative estimate of drug-likeness (QED) is 0.722. The maximum atomic E-state index is 13.1. The summed E-state index contributed by atoms with van der Waals surface area (Å²) in [5.41, 5.74) is 1.93. The van der Waals surface area contributed by atoms with Crippen LogP contribution in [0, 0.1) is 5.92 Å². The summed E-state index contributed by atoms with van der Waals surface area (Å²) in [5, 5.41) is 8.95. The van der Waals surface area contributed by atoms with Crippen LogP contribution in [0.3, 0.4) is 0 Å². The highest BCUT2D eigenvalue weighted by Gasteiger charge is 2.56. The first kappa shape index (κ1) is 19.9. The van der Waals surface area contributed by atoms with Crippen molar-refractivity contribution in [2.75, 3.05) is 6.54 Å². The van der Waals surface area contributed by atoms with Crippen LogP contribution in [0.15, 0.2) is 34.1 Å². The highest BCUT2D eigenvalue weighted by molar-refractivity contribution is 8.00. The number of carbonyl (C=O) groups is 3. The van der Waals surface area contributed by atoms with E-state index in [1.165, 1.54) is 0 Å². The van der Waals surface area contributed by atoms with Crippen molar-refractivity contribution in [3.8, 4) is 0 Å². The van der Waals surface area contributed by atoms with Gasteiger partial charge in [0.1, 0.15) is 11.8 Å². The number of amides is 2. The summed E-state index contributed by atoms with van der Waals surface area (Å²) in [5.74, 6) is -3.44. The van der Waals surface area contributed by atoms with Gasteiger partial charge in [-0.25, -0.2) is 0 Å². The molecule has 152 valence electrons. The van der Waals surface area contributed by atoms with Gasteiger partial charge in [-0.3, -0.25) is 24.1 Å². The van der Waals surface area contributed by atoms with Crippen LogP contribution >= 0.6 is 23.1 Å². The van der Waals surface area contributed by atoms with Gasteiger partial charge in [0.15, 0.2) is 0 Å². The molecule has 2 N–H and O–H groups in total. The number of benzene rings is 1. The van der Waals surface area contributed by atoms with Crippen molar-refractivity contribution in [1.29, 1.82) is 0 Å². The fourth-order valence-corrected chi connectivity index (χ4v) is 6.45. The number of hydrogen-bond donors (Lipinski definition) is 2. The molecule has 3 heterocycles. The number of aromatic nitrogens is 1. The van der Waals surface area contributed by atoms with Crippen LogP contribution in [-0.4, -0.2) is 44.6 Å². The van der Waals surface area contributed by atoms with Crippen LogP contribution in [0.2, 0.25) is 0 Å². The molecule has 2 aliphatic rings. The number of aliphatic carboxylic acids is 1. The average Bonchev–Trinajstić information content (AvgIpc) is 3.11. The maximum absolute atomic E-state index is 13.1. The molecule has 1 aromatic heterocycles. The molecule has 2 unspecified atom stereocenters. The van der Waals surface area contributed by atoms with E-state index in [1.807, 2.05) is 24.3 Å². The minimum absolute atomic E-state index is 0.0367. The Kier molecular flexibility index (Phi) is 4.70. The molecule has 1 aromatic carbocycles. The zero-order chi connectivity index (χ0) is 21.1. The lowest BCUT2D eigenvalue weighted by atomic mass is 9.81. The number of carboxylic acid groups (broad SMARTS) is 1. The number of aromatic amines is 1. The molecule has 9 heteroatoms. The smallest absolute Gasteiger partial charge is 0.323 e. The van der Waals surface area contributed by atoms with Crippen molar-refractivity contribution in [2.45, 2.75) is 42.4 Å². The number of carbonyl (C=O) groups excluding carboxylic acids is 2. The molecule has 0 saturated carbocycles. The number of nitrogens with one attached hydrogen (secondary N) is 1. The number of nitrogens with zero attached hydrogens (tertiary/aromatic N) is 1. The Labute approximate surface area is 175 Å². The Morgan fingerprint density at radius 2 is 1.79 bits per heavy atom. The first-order valence-corrected chi connectivity index (χ1v) is 10.8. The molecule has 0 aliphatic carbocycles. The van der Waals surface area contributed by atoms with Crippen LogP contribution in [-0.2, 0) is 19.8 Å². The summed E-state index contributed by atoms with van der Waals surface area (Å²) < 4.78 is 0. The number of rotatable bonds is 3. The summed E-state index contributed by atoms with van der Waals surface area (Å²) in [6, 6.07) is 7.86. The minimum atomic E-state index is -1.23. The van der Waals surface area contributed by atoms with Crippen LogP contribution in [0.25, 0.3) is 0 Å². The third-order valence-electron chi connectivity index (χ3n) is 5.34. The predicted molar refractivity (Wildman–Crippen MR) is 109 cm³/mol. The Bertz CT molecular complexity index is 1060. The molecule has 1 fully saturated rings. The fraction of sp³-hybridized carbons (Fsp3) is 0.400. The molecule has 3 atom stereocenters. The van der Waals surface area contributed by atoms with Crippen LogP contribution in [0.1, 0.15) is 42.7 Å². The second-order valence-electron chi connectivity index (χ2n) is 8.28. The molecule has 2 aliphatic heterocycles. The van der Waals surface area contributed by atoms with Crippen molar-refractivity contribution < 1.29 is 19.5 Å². The minimum Gasteiger partial charge on any atom is -0.480 e. The first-order valence-electron chi connectivity index (χ1n) is 9.15. The number of H-pyrrole nitrogens is 1. The van der Waals surface area contributed by atoms with Gasteiger partial charge in [-0.15, -0.1) is 0 Å². The van der Waals surface area contributed by atoms with Crippen molar-refractivity contribution in [3.05, 3.63) is 49.9 Å². The summed E-state index contributed by atoms with van der Waals surface area (Å²) in [6.07, 6.45) is 0. The number of fused-ring (bicyclic) bond motifs is 2. The van der Waals surface area contributed by atoms with E-state index in [4.69, 9.17) is 5.11 Å². The van der Waals surface area contributed by atoms with Gasteiger partial charge in [0.25, 0.3) is 0 Å². The molecule has 1 saturated heterocycles. The molecule has 0 spiro atoms. The fourth-order valence-electron chi connectivity index (χ4n) is 3.91. The topological polar surface area (TPSA) is 108 Å². The van der Waals surface area contributed by atoms with Gasteiger partial charge in [-0.05, 0) is 16.5 Å². The Hall–Kier alpha value is -2.39. The summed E-state index contributed by atoms with van der Waals surface area (Å²) >= 11 is 2.19. The first-order chi connectivity index (χ1) is 13.6. The Morgan fingerprint density at radius 3 is 2.38 bits per heavy atom. The van der Waals surface area contributed by atoms with E-state index in [0.29, 0.717) is 5.03 Å². The number of thioether (sulfide) groups is 1. The van der Waals surface area contributed by atoms with E-state index in [0.717, 1.165) is 44.0 Å². The third kappa shape index (κ3) is 3.32. The molecule has 4 rings (SSSR count). The SMILES string of the molecule is CC(C)(C)c1ccc([C@H]2c3sc(=O)[nH]c3SC3C(=O)N(CC(=O)O)C(=O)C32)cc1. The lowest BCUT2D eigenvalue weighted by Gasteiger charge is -2.30. The Morgan fingerprint density at radius 1 is 1.14 bits per heavy atom. The van der Waals surface area contributed by atoms with Crippen LogP contribution in [0.5, 0.6) is 0 Å². The Balaban J connectivity index is 1.81. The largest absolute Gasteiger partial charge is 0.480 e.